The van der Waals surface area contributed by atoms with Crippen LogP contribution in [0.15, 0.2) is 54.6 Å². The lowest BCUT2D eigenvalue weighted by atomic mass is 10.1. The Bertz CT molecular complexity index is 762. The first-order valence-corrected chi connectivity index (χ1v) is 9.22. The van der Waals surface area contributed by atoms with Crippen molar-refractivity contribution in [2.24, 2.45) is 0 Å². The number of carbonyl (C=O) groups is 2. The highest BCUT2D eigenvalue weighted by molar-refractivity contribution is 5.95. The summed E-state index contributed by atoms with van der Waals surface area (Å²) in [7, 11) is 0. The number of amides is 3. The van der Waals surface area contributed by atoms with Crippen molar-refractivity contribution in [1.29, 1.82) is 0 Å². The molecule has 0 bridgehead atoms. The molecule has 1 unspecified atom stereocenters. The van der Waals surface area contributed by atoms with E-state index >= 15 is 0 Å². The summed E-state index contributed by atoms with van der Waals surface area (Å²) in [5.41, 5.74) is 3.13. The predicted molar refractivity (Wildman–Crippen MR) is 105 cm³/mol. The predicted octanol–water partition coefficient (Wildman–Crippen LogP) is 2.48. The Kier molecular flexibility index (Phi) is 6.44. The van der Waals surface area contributed by atoms with Gasteiger partial charge in [0.15, 0.2) is 0 Å². The largest absolute Gasteiger partial charge is 0.365 e. The summed E-state index contributed by atoms with van der Waals surface area (Å²) in [6.07, 6.45) is 0.721. The van der Waals surface area contributed by atoms with E-state index in [4.69, 9.17) is 4.74 Å². The summed E-state index contributed by atoms with van der Waals surface area (Å²) in [5.74, 6) is -0.0657. The number of nitrogens with one attached hydrogen (secondary N) is 2. The molecule has 6 nitrogen and oxygen atoms in total. The molecule has 27 heavy (non-hydrogen) atoms. The van der Waals surface area contributed by atoms with Crippen LogP contribution in [0.5, 0.6) is 0 Å². The summed E-state index contributed by atoms with van der Waals surface area (Å²) < 4.78 is 5.57. The molecular weight excluding hydrogens is 342 g/mol. The maximum atomic E-state index is 12.2. The maximum Gasteiger partial charge on any atom is 0.315 e. The molecule has 3 rings (SSSR count). The van der Waals surface area contributed by atoms with E-state index in [0.29, 0.717) is 19.6 Å². The standard InChI is InChI=1S/C21H25N3O3/c1-2-16-8-10-18(11-9-16)24-14-19(27-15-20(24)25)13-23-21(26)22-12-17-6-4-3-5-7-17/h3-11,19H,2,12-15H2,1H3,(H2,22,23,26). The Labute approximate surface area is 159 Å². The van der Waals surface area contributed by atoms with E-state index in [1.54, 1.807) is 4.90 Å². The molecule has 1 atom stereocenters. The van der Waals surface area contributed by atoms with Gasteiger partial charge in [0.05, 0.1) is 12.6 Å². The number of hydrogen-bond acceptors (Lipinski definition) is 3. The molecule has 1 aliphatic heterocycles. The van der Waals surface area contributed by atoms with Gasteiger partial charge in [-0.05, 0) is 29.7 Å². The molecule has 142 valence electrons. The molecular formula is C21H25N3O3. The highest BCUT2D eigenvalue weighted by Crippen LogP contribution is 2.19. The molecule has 0 aliphatic carbocycles. The number of anilines is 1. The van der Waals surface area contributed by atoms with Crippen LogP contribution in [-0.4, -0.2) is 37.7 Å². The fourth-order valence-corrected chi connectivity index (χ4v) is 2.96. The van der Waals surface area contributed by atoms with E-state index in [1.165, 1.54) is 5.56 Å². The molecule has 1 saturated heterocycles. The second-order valence-electron chi connectivity index (χ2n) is 6.51. The number of benzene rings is 2. The SMILES string of the molecule is CCc1ccc(N2CC(CNC(=O)NCc3ccccc3)OCC2=O)cc1. The van der Waals surface area contributed by atoms with Crippen LogP contribution in [0.25, 0.3) is 0 Å². The Balaban J connectivity index is 1.48. The van der Waals surface area contributed by atoms with Crippen LogP contribution < -0.4 is 15.5 Å². The molecule has 1 fully saturated rings. The Morgan fingerprint density at radius 2 is 1.81 bits per heavy atom. The van der Waals surface area contributed by atoms with Crippen molar-refractivity contribution in [3.8, 4) is 0 Å². The van der Waals surface area contributed by atoms with Gasteiger partial charge >= 0.3 is 6.03 Å². The Morgan fingerprint density at radius 1 is 1.07 bits per heavy atom. The summed E-state index contributed by atoms with van der Waals surface area (Å²) in [6.45, 7) is 3.35. The van der Waals surface area contributed by atoms with Gasteiger partial charge < -0.3 is 20.3 Å². The number of rotatable bonds is 6. The third kappa shape index (κ3) is 5.31. The zero-order chi connectivity index (χ0) is 19.1. The lowest BCUT2D eigenvalue weighted by Gasteiger charge is -2.33. The first-order chi connectivity index (χ1) is 13.2. The quantitative estimate of drug-likeness (QED) is 0.824. The topological polar surface area (TPSA) is 70.7 Å². The molecule has 0 spiro atoms. The van der Waals surface area contributed by atoms with Gasteiger partial charge in [-0.25, -0.2) is 4.79 Å². The molecule has 2 aromatic rings. The van der Waals surface area contributed by atoms with E-state index in [1.807, 2.05) is 54.6 Å². The smallest absolute Gasteiger partial charge is 0.315 e. The summed E-state index contributed by atoms with van der Waals surface area (Å²) in [6, 6.07) is 17.4. The highest BCUT2D eigenvalue weighted by atomic mass is 16.5. The van der Waals surface area contributed by atoms with E-state index in [0.717, 1.165) is 17.7 Å². The third-order valence-electron chi connectivity index (χ3n) is 4.57. The second kappa shape index (κ2) is 9.19. The molecule has 6 heteroatoms. The van der Waals surface area contributed by atoms with Gasteiger partial charge in [-0.15, -0.1) is 0 Å². The number of aryl methyl sites for hydroxylation is 1. The monoisotopic (exact) mass is 367 g/mol. The van der Waals surface area contributed by atoms with Crippen molar-refractivity contribution in [3.63, 3.8) is 0 Å². The number of nitrogens with zero attached hydrogens (tertiary/aromatic N) is 1. The second-order valence-corrected chi connectivity index (χ2v) is 6.51. The van der Waals surface area contributed by atoms with Crippen molar-refractivity contribution in [2.75, 3.05) is 24.6 Å². The van der Waals surface area contributed by atoms with Crippen molar-refractivity contribution >= 4 is 17.6 Å². The normalized spacial score (nSPS) is 16.9. The Morgan fingerprint density at radius 3 is 2.52 bits per heavy atom. The average Bonchev–Trinajstić information content (AvgIpc) is 2.72. The van der Waals surface area contributed by atoms with Gasteiger partial charge in [0.25, 0.3) is 5.91 Å². The molecule has 0 aromatic heterocycles. The van der Waals surface area contributed by atoms with Crippen LogP contribution in [0.4, 0.5) is 10.5 Å². The van der Waals surface area contributed by atoms with Gasteiger partial charge in [-0.2, -0.15) is 0 Å². The highest BCUT2D eigenvalue weighted by Gasteiger charge is 2.27. The van der Waals surface area contributed by atoms with Gasteiger partial charge in [0, 0.05) is 18.8 Å². The van der Waals surface area contributed by atoms with Crippen LogP contribution >= 0.6 is 0 Å². The van der Waals surface area contributed by atoms with E-state index in [-0.39, 0.29) is 24.6 Å². The van der Waals surface area contributed by atoms with E-state index in [2.05, 4.69) is 17.6 Å². The first kappa shape index (κ1) is 18.9. The molecule has 3 amide bonds. The number of urea groups is 1. The third-order valence-corrected chi connectivity index (χ3v) is 4.57. The molecule has 1 aliphatic rings. The van der Waals surface area contributed by atoms with Gasteiger partial charge in [-0.1, -0.05) is 49.4 Å². The minimum Gasteiger partial charge on any atom is -0.365 e. The lowest BCUT2D eigenvalue weighted by molar-refractivity contribution is -0.129. The van der Waals surface area contributed by atoms with Crippen LogP contribution in [0.2, 0.25) is 0 Å². The zero-order valence-corrected chi connectivity index (χ0v) is 15.5. The van der Waals surface area contributed by atoms with Crippen LogP contribution in [0.3, 0.4) is 0 Å². The van der Waals surface area contributed by atoms with E-state index in [9.17, 15) is 9.59 Å². The van der Waals surface area contributed by atoms with Crippen LogP contribution in [-0.2, 0) is 22.5 Å². The van der Waals surface area contributed by atoms with Gasteiger partial charge in [-0.3, -0.25) is 4.79 Å². The molecule has 1 heterocycles. The van der Waals surface area contributed by atoms with E-state index < -0.39 is 0 Å². The van der Waals surface area contributed by atoms with Crippen LogP contribution in [0, 0.1) is 0 Å². The molecule has 0 saturated carbocycles. The average molecular weight is 367 g/mol. The van der Waals surface area contributed by atoms with Crippen molar-refractivity contribution in [2.45, 2.75) is 26.0 Å². The molecule has 2 N–H and O–H groups in total. The maximum absolute atomic E-state index is 12.2. The van der Waals surface area contributed by atoms with Gasteiger partial charge in [0.2, 0.25) is 0 Å². The number of ether oxygens (including phenoxy) is 1. The van der Waals surface area contributed by atoms with Crippen molar-refractivity contribution in [3.05, 3.63) is 65.7 Å². The van der Waals surface area contributed by atoms with Crippen molar-refractivity contribution in [1.82, 2.24) is 10.6 Å². The Hall–Kier alpha value is -2.86. The lowest BCUT2D eigenvalue weighted by Crippen LogP contribution is -2.51. The molecule has 0 radical (unpaired) electrons. The fourth-order valence-electron chi connectivity index (χ4n) is 2.96. The number of hydrogen-bond donors (Lipinski definition) is 2. The minimum atomic E-state index is -0.252. The first-order valence-electron chi connectivity index (χ1n) is 9.22. The van der Waals surface area contributed by atoms with Gasteiger partial charge in [0.1, 0.15) is 6.61 Å². The van der Waals surface area contributed by atoms with Crippen molar-refractivity contribution < 1.29 is 14.3 Å². The summed E-state index contributed by atoms with van der Waals surface area (Å²) >= 11 is 0. The summed E-state index contributed by atoms with van der Waals surface area (Å²) in [5, 5.41) is 5.63. The number of carbonyl (C=O) groups excluding carboxylic acids is 2. The van der Waals surface area contributed by atoms with Crippen LogP contribution in [0.1, 0.15) is 18.1 Å². The summed E-state index contributed by atoms with van der Waals surface area (Å²) in [4.78, 5) is 25.9. The minimum absolute atomic E-state index is 0.0213. The number of morpholine rings is 1. The molecule has 2 aromatic carbocycles. The zero-order valence-electron chi connectivity index (χ0n) is 15.5. The fraction of sp³-hybridized carbons (Fsp3) is 0.333.